The van der Waals surface area contributed by atoms with Gasteiger partial charge in [-0.15, -0.1) is 0 Å². The Hall–Kier alpha value is -3.14. The molecule has 0 saturated carbocycles. The van der Waals surface area contributed by atoms with Crippen molar-refractivity contribution >= 4 is 28.3 Å². The van der Waals surface area contributed by atoms with Crippen molar-refractivity contribution in [3.05, 3.63) is 72.3 Å². The summed E-state index contributed by atoms with van der Waals surface area (Å²) < 4.78 is 5.26. The first-order valence-corrected chi connectivity index (χ1v) is 7.67. The van der Waals surface area contributed by atoms with Crippen LogP contribution in [0.2, 0.25) is 0 Å². The van der Waals surface area contributed by atoms with Crippen LogP contribution in [0.4, 0.5) is 5.69 Å². The molecule has 120 valence electrons. The number of carbonyl (C=O) groups is 2. The lowest BCUT2D eigenvalue weighted by molar-refractivity contribution is -0.137. The summed E-state index contributed by atoms with van der Waals surface area (Å²) in [5.74, 6) is -0.547. The van der Waals surface area contributed by atoms with Crippen LogP contribution in [0.25, 0.3) is 10.8 Å². The van der Waals surface area contributed by atoms with Crippen molar-refractivity contribution in [3.63, 3.8) is 0 Å². The molecule has 1 amide bonds. The van der Waals surface area contributed by atoms with Crippen LogP contribution in [-0.4, -0.2) is 11.9 Å². The molecule has 0 fully saturated rings. The predicted octanol–water partition coefficient (Wildman–Crippen LogP) is 4.08. The summed E-state index contributed by atoms with van der Waals surface area (Å²) in [6.45, 7) is 1.89. The highest BCUT2D eigenvalue weighted by atomic mass is 16.5. The van der Waals surface area contributed by atoms with E-state index in [-0.39, 0.29) is 6.42 Å². The lowest BCUT2D eigenvalue weighted by Crippen LogP contribution is -2.20. The zero-order valence-electron chi connectivity index (χ0n) is 13.3. The van der Waals surface area contributed by atoms with Crippen molar-refractivity contribution in [2.24, 2.45) is 0 Å². The minimum atomic E-state index is -0.587. The Morgan fingerprint density at radius 3 is 2.42 bits per heavy atom. The molecule has 0 saturated heterocycles. The van der Waals surface area contributed by atoms with Gasteiger partial charge in [0.25, 0.3) is 0 Å². The molecule has 3 rings (SSSR count). The average molecular weight is 319 g/mol. The lowest BCUT2D eigenvalue weighted by Gasteiger charge is -2.08. The Balaban J connectivity index is 1.62. The normalized spacial score (nSPS) is 10.4. The third kappa shape index (κ3) is 3.79. The third-order valence-corrected chi connectivity index (χ3v) is 3.68. The quantitative estimate of drug-likeness (QED) is 0.448. The van der Waals surface area contributed by atoms with Crippen LogP contribution >= 0.6 is 0 Å². The van der Waals surface area contributed by atoms with E-state index < -0.39 is 11.9 Å². The molecule has 4 heteroatoms. The van der Waals surface area contributed by atoms with Gasteiger partial charge in [-0.05, 0) is 41.5 Å². The first kappa shape index (κ1) is 15.7. The van der Waals surface area contributed by atoms with E-state index in [0.717, 1.165) is 16.3 Å². The van der Waals surface area contributed by atoms with Gasteiger partial charge in [-0.3, -0.25) is 9.59 Å². The fourth-order valence-electron chi connectivity index (χ4n) is 2.44. The number of aryl methyl sites for hydroxylation is 1. The van der Waals surface area contributed by atoms with Gasteiger partial charge in [-0.1, -0.05) is 48.5 Å². The fraction of sp³-hybridized carbons (Fsp3) is 0.100. The van der Waals surface area contributed by atoms with Crippen LogP contribution in [-0.2, 0) is 9.59 Å². The molecule has 0 heterocycles. The Morgan fingerprint density at radius 1 is 0.917 bits per heavy atom. The number of anilines is 1. The van der Waals surface area contributed by atoms with Gasteiger partial charge < -0.3 is 10.1 Å². The van der Waals surface area contributed by atoms with Crippen molar-refractivity contribution in [3.8, 4) is 5.75 Å². The van der Waals surface area contributed by atoms with E-state index in [4.69, 9.17) is 4.74 Å². The molecule has 0 aliphatic rings. The van der Waals surface area contributed by atoms with Crippen molar-refractivity contribution in [2.45, 2.75) is 13.3 Å². The molecule has 24 heavy (non-hydrogen) atoms. The van der Waals surface area contributed by atoms with E-state index in [2.05, 4.69) is 5.32 Å². The van der Waals surface area contributed by atoms with E-state index in [1.54, 1.807) is 18.2 Å². The minimum Gasteiger partial charge on any atom is -0.426 e. The number of hydrogen-bond acceptors (Lipinski definition) is 3. The lowest BCUT2D eigenvalue weighted by atomic mass is 10.1. The Morgan fingerprint density at radius 2 is 1.62 bits per heavy atom. The van der Waals surface area contributed by atoms with Gasteiger partial charge in [0.1, 0.15) is 12.2 Å². The maximum absolute atomic E-state index is 12.0. The van der Waals surface area contributed by atoms with E-state index in [0.29, 0.717) is 11.4 Å². The van der Waals surface area contributed by atoms with Gasteiger partial charge in [-0.25, -0.2) is 0 Å². The van der Waals surface area contributed by atoms with Gasteiger partial charge in [0, 0.05) is 5.69 Å². The highest BCUT2D eigenvalue weighted by Gasteiger charge is 2.13. The van der Waals surface area contributed by atoms with Gasteiger partial charge in [0.2, 0.25) is 5.91 Å². The average Bonchev–Trinajstić information content (AvgIpc) is 2.56. The number of rotatable bonds is 4. The maximum Gasteiger partial charge on any atom is 0.320 e. The molecule has 3 aromatic rings. The molecule has 0 aliphatic carbocycles. The van der Waals surface area contributed by atoms with Crippen LogP contribution in [0.1, 0.15) is 12.0 Å². The summed E-state index contributed by atoms with van der Waals surface area (Å²) in [5, 5.41) is 4.76. The summed E-state index contributed by atoms with van der Waals surface area (Å²) in [6, 6.07) is 20.6. The van der Waals surface area contributed by atoms with Crippen molar-refractivity contribution in [1.82, 2.24) is 0 Å². The molecule has 1 N–H and O–H groups in total. The van der Waals surface area contributed by atoms with Crippen LogP contribution in [0.15, 0.2) is 66.7 Å². The highest BCUT2D eigenvalue weighted by molar-refractivity contribution is 6.02. The molecule has 0 aliphatic heterocycles. The molecule has 0 aromatic heterocycles. The SMILES string of the molecule is Cc1ccccc1NC(=O)CC(=O)Oc1ccc2ccccc2c1. The maximum atomic E-state index is 12.0. The predicted molar refractivity (Wildman–Crippen MR) is 94.0 cm³/mol. The smallest absolute Gasteiger partial charge is 0.320 e. The number of amides is 1. The van der Waals surface area contributed by atoms with Crippen LogP contribution in [0, 0.1) is 6.92 Å². The number of nitrogens with one attached hydrogen (secondary N) is 1. The van der Waals surface area contributed by atoms with E-state index in [1.807, 2.05) is 55.5 Å². The van der Waals surface area contributed by atoms with Crippen molar-refractivity contribution in [1.29, 1.82) is 0 Å². The number of esters is 1. The molecular formula is C20H17NO3. The topological polar surface area (TPSA) is 55.4 Å². The monoisotopic (exact) mass is 319 g/mol. The second-order valence-corrected chi connectivity index (χ2v) is 5.52. The molecule has 0 atom stereocenters. The number of fused-ring (bicyclic) bond motifs is 1. The van der Waals surface area contributed by atoms with E-state index >= 15 is 0 Å². The number of hydrogen-bond donors (Lipinski definition) is 1. The van der Waals surface area contributed by atoms with E-state index in [9.17, 15) is 9.59 Å². The molecule has 0 unspecified atom stereocenters. The molecule has 4 nitrogen and oxygen atoms in total. The summed E-state index contributed by atoms with van der Waals surface area (Å²) in [5.41, 5.74) is 1.63. The van der Waals surface area contributed by atoms with Crippen molar-refractivity contribution in [2.75, 3.05) is 5.32 Å². The van der Waals surface area contributed by atoms with E-state index in [1.165, 1.54) is 0 Å². The van der Waals surface area contributed by atoms with Gasteiger partial charge >= 0.3 is 5.97 Å². The number of carbonyl (C=O) groups excluding carboxylic acids is 2. The molecule has 0 bridgehead atoms. The highest BCUT2D eigenvalue weighted by Crippen LogP contribution is 2.21. The second kappa shape index (κ2) is 6.96. The molecule has 0 spiro atoms. The number of para-hydroxylation sites is 1. The minimum absolute atomic E-state index is 0.332. The Kier molecular flexibility index (Phi) is 4.57. The van der Waals surface area contributed by atoms with Crippen LogP contribution < -0.4 is 10.1 Å². The standard InChI is InChI=1S/C20H17NO3/c1-14-6-2-5-9-18(14)21-19(22)13-20(23)24-17-11-10-15-7-3-4-8-16(15)12-17/h2-12H,13H2,1H3,(H,21,22). The zero-order chi connectivity index (χ0) is 16.9. The van der Waals surface area contributed by atoms with Gasteiger partial charge in [0.15, 0.2) is 0 Å². The fourth-order valence-corrected chi connectivity index (χ4v) is 2.44. The zero-order valence-corrected chi connectivity index (χ0v) is 13.3. The summed E-state index contributed by atoms with van der Waals surface area (Å²) >= 11 is 0. The third-order valence-electron chi connectivity index (χ3n) is 3.68. The van der Waals surface area contributed by atoms with Crippen molar-refractivity contribution < 1.29 is 14.3 Å². The second-order valence-electron chi connectivity index (χ2n) is 5.52. The van der Waals surface area contributed by atoms with Gasteiger partial charge in [0.05, 0.1) is 0 Å². The summed E-state index contributed by atoms with van der Waals surface area (Å²) in [7, 11) is 0. The number of ether oxygens (including phenoxy) is 1. The number of benzene rings is 3. The Bertz CT molecular complexity index is 902. The van der Waals surface area contributed by atoms with Crippen LogP contribution in [0.3, 0.4) is 0 Å². The first-order valence-electron chi connectivity index (χ1n) is 7.67. The first-order chi connectivity index (χ1) is 11.6. The summed E-state index contributed by atoms with van der Waals surface area (Å²) in [4.78, 5) is 23.9. The summed E-state index contributed by atoms with van der Waals surface area (Å²) in [6.07, 6.45) is -0.332. The van der Waals surface area contributed by atoms with Gasteiger partial charge in [-0.2, -0.15) is 0 Å². The largest absolute Gasteiger partial charge is 0.426 e. The molecular weight excluding hydrogens is 302 g/mol. The molecule has 0 radical (unpaired) electrons. The molecule has 3 aromatic carbocycles. The Labute approximate surface area is 140 Å². The van der Waals surface area contributed by atoms with Crippen LogP contribution in [0.5, 0.6) is 5.75 Å².